The largest absolute Gasteiger partial charge is 1.00 e. The van der Waals surface area contributed by atoms with Gasteiger partial charge in [-0.2, -0.15) is 0 Å². The van der Waals surface area contributed by atoms with Crippen molar-refractivity contribution in [1.29, 1.82) is 0 Å². The number of benzene rings is 1. The highest BCUT2D eigenvalue weighted by Crippen LogP contribution is 2.35. The molecule has 1 aromatic carbocycles. The lowest BCUT2D eigenvalue weighted by Gasteiger charge is -2.36. The minimum absolute atomic E-state index is 0. The van der Waals surface area contributed by atoms with Crippen LogP contribution in [0.5, 0.6) is 0 Å². The first kappa shape index (κ1) is 16.5. The van der Waals surface area contributed by atoms with Gasteiger partial charge in [0.1, 0.15) is 6.10 Å². The van der Waals surface area contributed by atoms with E-state index in [1.54, 1.807) is 12.1 Å². The SMILES string of the molecule is CN1[C@@H]2CC[C@@H]1CC(OC(=O)C(O)c1ccccc1)C2.[Br-]. The molecule has 0 amide bonds. The second kappa shape index (κ2) is 6.90. The number of hydrogen-bond donors (Lipinski definition) is 1. The van der Waals surface area contributed by atoms with Gasteiger partial charge in [-0.05, 0) is 38.3 Å². The number of aliphatic hydroxyl groups excluding tert-OH is 1. The van der Waals surface area contributed by atoms with Gasteiger partial charge >= 0.3 is 5.97 Å². The van der Waals surface area contributed by atoms with Gasteiger partial charge in [-0.25, -0.2) is 4.79 Å². The lowest BCUT2D eigenvalue weighted by Crippen LogP contribution is -3.00. The average Bonchev–Trinajstić information content (AvgIpc) is 2.69. The summed E-state index contributed by atoms with van der Waals surface area (Å²) >= 11 is 0. The van der Waals surface area contributed by atoms with Crippen LogP contribution in [0.15, 0.2) is 30.3 Å². The van der Waals surface area contributed by atoms with Crippen molar-refractivity contribution in [1.82, 2.24) is 4.90 Å². The topological polar surface area (TPSA) is 49.8 Å². The maximum absolute atomic E-state index is 12.0. The van der Waals surface area contributed by atoms with Crippen molar-refractivity contribution in [3.63, 3.8) is 0 Å². The number of fused-ring (bicyclic) bond motifs is 2. The molecule has 2 fully saturated rings. The van der Waals surface area contributed by atoms with E-state index >= 15 is 0 Å². The van der Waals surface area contributed by atoms with Crippen LogP contribution in [0.4, 0.5) is 0 Å². The number of esters is 1. The molecular weight excluding hydrogens is 334 g/mol. The zero-order valence-electron chi connectivity index (χ0n) is 12.1. The van der Waals surface area contributed by atoms with E-state index in [1.165, 1.54) is 12.8 Å². The maximum Gasteiger partial charge on any atom is 0.339 e. The van der Waals surface area contributed by atoms with Crippen molar-refractivity contribution < 1.29 is 31.6 Å². The van der Waals surface area contributed by atoms with E-state index in [2.05, 4.69) is 11.9 Å². The quantitative estimate of drug-likeness (QED) is 0.699. The van der Waals surface area contributed by atoms with Crippen molar-refractivity contribution in [3.05, 3.63) is 35.9 Å². The molecule has 2 aliphatic rings. The maximum atomic E-state index is 12.0. The van der Waals surface area contributed by atoms with Crippen LogP contribution in [0.2, 0.25) is 0 Å². The summed E-state index contributed by atoms with van der Waals surface area (Å²) in [5.74, 6) is -0.523. The normalized spacial score (nSPS) is 29.5. The molecule has 1 N–H and O–H groups in total. The first-order valence-corrected chi connectivity index (χ1v) is 7.30. The smallest absolute Gasteiger partial charge is 0.339 e. The van der Waals surface area contributed by atoms with Gasteiger partial charge in [0.25, 0.3) is 0 Å². The Hall–Kier alpha value is -0.910. The van der Waals surface area contributed by atoms with E-state index in [0.29, 0.717) is 17.6 Å². The molecule has 2 heterocycles. The number of carbonyl (C=O) groups excluding carboxylic acids is 1. The zero-order chi connectivity index (χ0) is 14.1. The van der Waals surface area contributed by atoms with Crippen molar-refractivity contribution in [2.45, 2.75) is 50.0 Å². The standard InChI is InChI=1S/C16H21NO3.BrH/c1-17-12-7-8-13(17)10-14(9-12)20-16(19)15(18)11-5-3-2-4-6-11;/h2-6,12-15,18H,7-10H2,1H3;1H/p-1/t12-,13-,15?;/m1./s1. The molecule has 2 aliphatic heterocycles. The molecule has 1 unspecified atom stereocenters. The minimum Gasteiger partial charge on any atom is -1.00 e. The Kier molecular flexibility index (Phi) is 5.41. The van der Waals surface area contributed by atoms with Crippen LogP contribution >= 0.6 is 0 Å². The lowest BCUT2D eigenvalue weighted by atomic mass is 10.0. The second-order valence-corrected chi connectivity index (χ2v) is 5.89. The van der Waals surface area contributed by atoms with E-state index in [4.69, 9.17) is 4.74 Å². The summed E-state index contributed by atoms with van der Waals surface area (Å²) in [5.41, 5.74) is 0.591. The Morgan fingerprint density at radius 2 is 1.81 bits per heavy atom. The fourth-order valence-corrected chi connectivity index (χ4v) is 3.46. The third-order valence-electron chi connectivity index (χ3n) is 4.68. The molecule has 0 spiro atoms. The van der Waals surface area contributed by atoms with Gasteiger partial charge in [0.15, 0.2) is 6.10 Å². The Balaban J connectivity index is 0.00000161. The number of nitrogens with zero attached hydrogens (tertiary/aromatic N) is 1. The summed E-state index contributed by atoms with van der Waals surface area (Å²) < 4.78 is 5.52. The van der Waals surface area contributed by atoms with Gasteiger partial charge in [0.05, 0.1) is 0 Å². The molecule has 0 aliphatic carbocycles. The Morgan fingerprint density at radius 1 is 1.24 bits per heavy atom. The predicted octanol–water partition coefficient (Wildman–Crippen LogP) is -1.11. The zero-order valence-corrected chi connectivity index (χ0v) is 13.7. The number of rotatable bonds is 3. The predicted molar refractivity (Wildman–Crippen MR) is 75.1 cm³/mol. The number of hydrogen-bond acceptors (Lipinski definition) is 4. The first-order valence-electron chi connectivity index (χ1n) is 7.30. The summed E-state index contributed by atoms with van der Waals surface area (Å²) in [6, 6.07) is 10.0. The Bertz CT molecular complexity index is 468. The fourth-order valence-electron chi connectivity index (χ4n) is 3.46. The Morgan fingerprint density at radius 3 is 2.38 bits per heavy atom. The first-order chi connectivity index (χ1) is 9.65. The molecule has 2 bridgehead atoms. The summed E-state index contributed by atoms with van der Waals surface area (Å²) in [6.07, 6.45) is 2.94. The van der Waals surface area contributed by atoms with E-state index in [1.807, 2.05) is 18.2 Å². The van der Waals surface area contributed by atoms with Crippen LogP contribution in [-0.2, 0) is 9.53 Å². The van der Waals surface area contributed by atoms with Gasteiger partial charge in [0.2, 0.25) is 0 Å². The highest BCUT2D eigenvalue weighted by Gasteiger charge is 2.40. The molecule has 21 heavy (non-hydrogen) atoms. The molecule has 1 aromatic rings. The third kappa shape index (κ3) is 3.47. The molecule has 2 saturated heterocycles. The van der Waals surface area contributed by atoms with Crippen LogP contribution in [-0.4, -0.2) is 41.2 Å². The van der Waals surface area contributed by atoms with Crippen molar-refractivity contribution in [3.8, 4) is 0 Å². The second-order valence-electron chi connectivity index (χ2n) is 5.89. The molecule has 116 valence electrons. The van der Waals surface area contributed by atoms with Gasteiger partial charge in [-0.3, -0.25) is 0 Å². The summed E-state index contributed by atoms with van der Waals surface area (Å²) in [5, 5.41) is 10.0. The number of piperidine rings is 1. The monoisotopic (exact) mass is 354 g/mol. The number of ether oxygens (including phenoxy) is 1. The number of aliphatic hydroxyl groups is 1. The number of carbonyl (C=O) groups is 1. The molecule has 0 radical (unpaired) electrons. The summed E-state index contributed by atoms with van der Waals surface area (Å²) in [7, 11) is 2.15. The van der Waals surface area contributed by atoms with Crippen molar-refractivity contribution in [2.75, 3.05) is 7.05 Å². The van der Waals surface area contributed by atoms with Crippen LogP contribution in [0.25, 0.3) is 0 Å². The van der Waals surface area contributed by atoms with Crippen molar-refractivity contribution in [2.24, 2.45) is 0 Å². The molecule has 4 nitrogen and oxygen atoms in total. The Labute approximate surface area is 135 Å². The van der Waals surface area contributed by atoms with Crippen molar-refractivity contribution >= 4 is 5.97 Å². The highest BCUT2D eigenvalue weighted by molar-refractivity contribution is 5.76. The molecular formula is C16H21BrNO3-. The van der Waals surface area contributed by atoms with Gasteiger partial charge in [-0.1, -0.05) is 30.3 Å². The van der Waals surface area contributed by atoms with Crippen LogP contribution < -0.4 is 17.0 Å². The van der Waals surface area contributed by atoms with Gasteiger partial charge in [0, 0.05) is 12.1 Å². The molecule has 0 saturated carbocycles. The van der Waals surface area contributed by atoms with E-state index in [0.717, 1.165) is 12.8 Å². The average molecular weight is 355 g/mol. The van der Waals surface area contributed by atoms with Crippen LogP contribution in [0.3, 0.4) is 0 Å². The number of halogens is 1. The van der Waals surface area contributed by atoms with E-state index < -0.39 is 12.1 Å². The molecule has 0 aromatic heterocycles. The highest BCUT2D eigenvalue weighted by atomic mass is 79.9. The lowest BCUT2D eigenvalue weighted by molar-refractivity contribution is -0.162. The van der Waals surface area contributed by atoms with E-state index in [9.17, 15) is 9.90 Å². The molecule has 3 atom stereocenters. The minimum atomic E-state index is -1.17. The molecule has 5 heteroatoms. The molecule has 3 rings (SSSR count). The fraction of sp³-hybridized carbons (Fsp3) is 0.562. The third-order valence-corrected chi connectivity index (χ3v) is 4.68. The summed E-state index contributed by atoms with van der Waals surface area (Å²) in [4.78, 5) is 14.4. The van der Waals surface area contributed by atoms with E-state index in [-0.39, 0.29) is 23.1 Å². The van der Waals surface area contributed by atoms with Gasteiger partial charge < -0.3 is 31.7 Å². The summed E-state index contributed by atoms with van der Waals surface area (Å²) in [6.45, 7) is 0. The van der Waals surface area contributed by atoms with Crippen LogP contribution in [0, 0.1) is 0 Å². The van der Waals surface area contributed by atoms with Crippen LogP contribution in [0.1, 0.15) is 37.4 Å². The van der Waals surface area contributed by atoms with Gasteiger partial charge in [-0.15, -0.1) is 0 Å².